The fourth-order valence-corrected chi connectivity index (χ4v) is 4.49. The molecule has 0 aliphatic heterocycles. The van der Waals surface area contributed by atoms with Crippen LogP contribution in [0.15, 0.2) is 83.3 Å². The van der Waals surface area contributed by atoms with Gasteiger partial charge in [0.1, 0.15) is 12.4 Å². The van der Waals surface area contributed by atoms with E-state index in [9.17, 15) is 9.59 Å². The molecule has 4 aromatic rings. The number of fused-ring (bicyclic) bond motifs is 1. The summed E-state index contributed by atoms with van der Waals surface area (Å²) in [4.78, 5) is 33.0. The zero-order valence-electron chi connectivity index (χ0n) is 19.4. The van der Waals surface area contributed by atoms with Gasteiger partial charge in [-0.1, -0.05) is 52.3 Å². The standard InChI is InChI=1S/C27H27BrN4O2/c1-18(2)32(22-12-5-4-6-13-22)25(33)17-31-24-15-8-7-14-23(24)30-26(31)19(3)29-27(34)20-10-9-11-21(28)16-20/h4-16,18-19H,17H2,1-3H3,(H,29,34). The van der Waals surface area contributed by atoms with Gasteiger partial charge in [-0.25, -0.2) is 4.98 Å². The SMILES string of the molecule is CC(NC(=O)c1cccc(Br)c1)c1nc2ccccc2n1CC(=O)N(c1ccccc1)C(C)C. The molecule has 0 aliphatic carbocycles. The van der Waals surface area contributed by atoms with Crippen molar-refractivity contribution in [2.45, 2.75) is 39.4 Å². The highest BCUT2D eigenvalue weighted by atomic mass is 79.9. The summed E-state index contributed by atoms with van der Waals surface area (Å²) in [6, 6.07) is 24.2. The minimum atomic E-state index is -0.407. The van der Waals surface area contributed by atoms with Crippen LogP contribution in [0.2, 0.25) is 0 Å². The van der Waals surface area contributed by atoms with Crippen LogP contribution >= 0.6 is 15.9 Å². The summed E-state index contributed by atoms with van der Waals surface area (Å²) >= 11 is 3.41. The molecule has 0 aliphatic rings. The van der Waals surface area contributed by atoms with Crippen molar-refractivity contribution < 1.29 is 9.59 Å². The molecule has 0 saturated heterocycles. The molecule has 1 atom stereocenters. The minimum Gasteiger partial charge on any atom is -0.342 e. The van der Waals surface area contributed by atoms with Gasteiger partial charge in [0.05, 0.1) is 17.1 Å². The molecule has 34 heavy (non-hydrogen) atoms. The molecule has 3 aromatic carbocycles. The van der Waals surface area contributed by atoms with Crippen LogP contribution in [0.25, 0.3) is 11.0 Å². The van der Waals surface area contributed by atoms with Gasteiger partial charge in [-0.15, -0.1) is 0 Å². The Morgan fingerprint density at radius 2 is 1.68 bits per heavy atom. The summed E-state index contributed by atoms with van der Waals surface area (Å²) in [6.07, 6.45) is 0. The number of rotatable bonds is 7. The van der Waals surface area contributed by atoms with Gasteiger partial charge in [0.15, 0.2) is 0 Å². The lowest BCUT2D eigenvalue weighted by atomic mass is 10.2. The number of anilines is 1. The van der Waals surface area contributed by atoms with Crippen LogP contribution in [0.1, 0.15) is 43.0 Å². The summed E-state index contributed by atoms with van der Waals surface area (Å²) < 4.78 is 2.74. The van der Waals surface area contributed by atoms with Crippen LogP contribution in [0.5, 0.6) is 0 Å². The number of carbonyl (C=O) groups excluding carboxylic acids is 2. The number of nitrogens with one attached hydrogen (secondary N) is 1. The fraction of sp³-hybridized carbons (Fsp3) is 0.222. The van der Waals surface area contributed by atoms with E-state index in [1.165, 1.54) is 0 Å². The van der Waals surface area contributed by atoms with Crippen molar-refractivity contribution in [2.75, 3.05) is 4.90 Å². The quantitative estimate of drug-likeness (QED) is 0.339. The van der Waals surface area contributed by atoms with Gasteiger partial charge in [0.2, 0.25) is 5.91 Å². The van der Waals surface area contributed by atoms with Crippen molar-refractivity contribution in [3.05, 3.63) is 94.7 Å². The Balaban J connectivity index is 1.66. The summed E-state index contributed by atoms with van der Waals surface area (Å²) in [5, 5.41) is 3.03. The molecule has 0 saturated carbocycles. The monoisotopic (exact) mass is 518 g/mol. The average molecular weight is 519 g/mol. The molecule has 6 nitrogen and oxygen atoms in total. The lowest BCUT2D eigenvalue weighted by Gasteiger charge is -2.28. The highest BCUT2D eigenvalue weighted by Gasteiger charge is 2.24. The highest BCUT2D eigenvalue weighted by molar-refractivity contribution is 9.10. The van der Waals surface area contributed by atoms with E-state index < -0.39 is 6.04 Å². The first-order valence-corrected chi connectivity index (χ1v) is 12.0. The van der Waals surface area contributed by atoms with Crippen molar-refractivity contribution in [3.63, 3.8) is 0 Å². The number of amides is 2. The summed E-state index contributed by atoms with van der Waals surface area (Å²) in [7, 11) is 0. The summed E-state index contributed by atoms with van der Waals surface area (Å²) in [5.74, 6) is 0.387. The number of carbonyl (C=O) groups is 2. The van der Waals surface area contributed by atoms with Gasteiger partial charge in [0, 0.05) is 21.8 Å². The number of para-hydroxylation sites is 3. The number of halogens is 1. The predicted octanol–water partition coefficient (Wildman–Crippen LogP) is 5.73. The molecule has 2 amide bonds. The van der Waals surface area contributed by atoms with E-state index in [1.54, 1.807) is 17.0 Å². The zero-order valence-corrected chi connectivity index (χ0v) is 21.0. The average Bonchev–Trinajstić information content (AvgIpc) is 3.18. The highest BCUT2D eigenvalue weighted by Crippen LogP contribution is 2.24. The molecule has 0 fully saturated rings. The van der Waals surface area contributed by atoms with E-state index in [-0.39, 0.29) is 24.4 Å². The van der Waals surface area contributed by atoms with Crippen molar-refractivity contribution in [2.24, 2.45) is 0 Å². The third-order valence-corrected chi connectivity index (χ3v) is 6.11. The van der Waals surface area contributed by atoms with Crippen LogP contribution in [0.3, 0.4) is 0 Å². The fourth-order valence-electron chi connectivity index (χ4n) is 4.10. The van der Waals surface area contributed by atoms with Crippen LogP contribution < -0.4 is 10.2 Å². The molecule has 1 N–H and O–H groups in total. The number of imidazole rings is 1. The van der Waals surface area contributed by atoms with Crippen LogP contribution in [0.4, 0.5) is 5.69 Å². The Bertz CT molecular complexity index is 1320. The third-order valence-electron chi connectivity index (χ3n) is 5.62. The molecular weight excluding hydrogens is 492 g/mol. The lowest BCUT2D eigenvalue weighted by molar-refractivity contribution is -0.119. The first-order chi connectivity index (χ1) is 16.3. The second-order valence-corrected chi connectivity index (χ2v) is 9.36. The third kappa shape index (κ3) is 5.04. The van der Waals surface area contributed by atoms with E-state index in [0.717, 1.165) is 21.2 Å². The Labute approximate surface area is 207 Å². The summed E-state index contributed by atoms with van der Waals surface area (Å²) in [5.41, 5.74) is 3.04. The van der Waals surface area contributed by atoms with E-state index in [0.29, 0.717) is 11.4 Å². The van der Waals surface area contributed by atoms with Crippen LogP contribution in [-0.2, 0) is 11.3 Å². The van der Waals surface area contributed by atoms with Crippen LogP contribution in [-0.4, -0.2) is 27.4 Å². The van der Waals surface area contributed by atoms with Gasteiger partial charge in [-0.05, 0) is 63.2 Å². The Morgan fingerprint density at radius 1 is 0.971 bits per heavy atom. The lowest BCUT2D eigenvalue weighted by Crippen LogP contribution is -2.40. The summed E-state index contributed by atoms with van der Waals surface area (Å²) in [6.45, 7) is 5.99. The molecule has 174 valence electrons. The molecule has 7 heteroatoms. The predicted molar refractivity (Wildman–Crippen MR) is 139 cm³/mol. The van der Waals surface area contributed by atoms with E-state index >= 15 is 0 Å². The Kier molecular flexibility index (Phi) is 7.12. The normalized spacial score (nSPS) is 12.0. The maximum atomic E-state index is 13.5. The molecule has 1 heterocycles. The number of hydrogen-bond donors (Lipinski definition) is 1. The smallest absolute Gasteiger partial charge is 0.251 e. The van der Waals surface area contributed by atoms with Gasteiger partial charge in [0.25, 0.3) is 5.91 Å². The minimum absolute atomic E-state index is 0.0122. The van der Waals surface area contributed by atoms with Gasteiger partial charge >= 0.3 is 0 Å². The Morgan fingerprint density at radius 3 is 2.38 bits per heavy atom. The molecule has 1 unspecified atom stereocenters. The van der Waals surface area contributed by atoms with Gasteiger partial charge < -0.3 is 14.8 Å². The van der Waals surface area contributed by atoms with Crippen molar-refractivity contribution in [1.29, 1.82) is 0 Å². The van der Waals surface area contributed by atoms with E-state index in [2.05, 4.69) is 21.2 Å². The molecule has 0 spiro atoms. The zero-order chi connectivity index (χ0) is 24.2. The van der Waals surface area contributed by atoms with Crippen molar-refractivity contribution in [1.82, 2.24) is 14.9 Å². The van der Waals surface area contributed by atoms with Gasteiger partial charge in [-0.3, -0.25) is 9.59 Å². The molecule has 1 aromatic heterocycles. The first kappa shape index (κ1) is 23.7. The number of aromatic nitrogens is 2. The van der Waals surface area contributed by atoms with Gasteiger partial charge in [-0.2, -0.15) is 0 Å². The maximum absolute atomic E-state index is 13.5. The molecule has 0 radical (unpaired) electrons. The first-order valence-electron chi connectivity index (χ1n) is 11.2. The number of nitrogens with zero attached hydrogens (tertiary/aromatic N) is 3. The van der Waals surface area contributed by atoms with Crippen molar-refractivity contribution in [3.8, 4) is 0 Å². The molecule has 4 rings (SSSR count). The largest absolute Gasteiger partial charge is 0.342 e. The molecular formula is C27H27BrN4O2. The maximum Gasteiger partial charge on any atom is 0.251 e. The van der Waals surface area contributed by atoms with Crippen LogP contribution in [0, 0.1) is 0 Å². The molecule has 0 bridgehead atoms. The van der Waals surface area contributed by atoms with Crippen molar-refractivity contribution >= 4 is 44.5 Å². The van der Waals surface area contributed by atoms with E-state index in [4.69, 9.17) is 4.98 Å². The number of hydrogen-bond acceptors (Lipinski definition) is 3. The second kappa shape index (κ2) is 10.2. The number of benzene rings is 3. The Hall–Kier alpha value is -3.45. The topological polar surface area (TPSA) is 67.2 Å². The van der Waals surface area contributed by atoms with E-state index in [1.807, 2.05) is 92.1 Å². The second-order valence-electron chi connectivity index (χ2n) is 8.44.